The number of hydrogen-bond donors (Lipinski definition) is 0. The minimum atomic E-state index is -0.0400. The third-order valence-corrected chi connectivity index (χ3v) is 7.08. The molecule has 0 aromatic carbocycles. The summed E-state index contributed by atoms with van der Waals surface area (Å²) in [5.74, 6) is -0.0400. The van der Waals surface area contributed by atoms with Gasteiger partial charge in [0.25, 0.3) is 0 Å². The Morgan fingerprint density at radius 3 is 1.19 bits per heavy atom. The van der Waals surface area contributed by atoms with Crippen molar-refractivity contribution >= 4 is 5.97 Å². The summed E-state index contributed by atoms with van der Waals surface area (Å²) in [7, 11) is 0. The second kappa shape index (κ2) is 23.6. The summed E-state index contributed by atoms with van der Waals surface area (Å²) in [6, 6.07) is 0. The van der Waals surface area contributed by atoms with Gasteiger partial charge in [-0.2, -0.15) is 0 Å². The summed E-state index contributed by atoms with van der Waals surface area (Å²) in [5.41, 5.74) is 0. The molecule has 0 heterocycles. The third-order valence-electron chi connectivity index (χ3n) is 7.08. The van der Waals surface area contributed by atoms with E-state index in [-0.39, 0.29) is 5.97 Å². The van der Waals surface area contributed by atoms with Crippen LogP contribution >= 0.6 is 0 Å². The van der Waals surface area contributed by atoms with Crippen LogP contribution in [0.1, 0.15) is 150 Å². The molecule has 0 radical (unpaired) electrons. The van der Waals surface area contributed by atoms with Crippen molar-refractivity contribution in [3.8, 4) is 0 Å². The highest BCUT2D eigenvalue weighted by Gasteiger charge is 2.26. The van der Waals surface area contributed by atoms with Crippen LogP contribution in [0.4, 0.5) is 0 Å². The minimum Gasteiger partial charge on any atom is -0.460 e. The summed E-state index contributed by atoms with van der Waals surface area (Å²) < 4.78 is 6.76. The molecule has 0 aromatic heterocycles. The number of carbonyl (C=O) groups excluding carboxylic acids is 1. The molecule has 3 nitrogen and oxygen atoms in total. The zero-order valence-corrected chi connectivity index (χ0v) is 22.7. The van der Waals surface area contributed by atoms with E-state index in [0.29, 0.717) is 13.0 Å². The van der Waals surface area contributed by atoms with E-state index >= 15 is 0 Å². The lowest BCUT2D eigenvalue weighted by Gasteiger charge is -2.39. The van der Waals surface area contributed by atoms with Gasteiger partial charge in [-0.25, -0.2) is 0 Å². The van der Waals surface area contributed by atoms with Crippen LogP contribution in [-0.4, -0.2) is 43.2 Å². The lowest BCUT2D eigenvalue weighted by molar-refractivity contribution is -0.929. The van der Waals surface area contributed by atoms with E-state index in [1.54, 1.807) is 0 Å². The van der Waals surface area contributed by atoms with Gasteiger partial charge < -0.3 is 9.22 Å². The van der Waals surface area contributed by atoms with E-state index in [2.05, 4.69) is 20.8 Å². The second-order valence-electron chi connectivity index (χ2n) is 10.1. The number of hydrogen-bond acceptors (Lipinski definition) is 2. The molecule has 0 aliphatic carbocycles. The summed E-state index contributed by atoms with van der Waals surface area (Å²) in [6.07, 6.45) is 25.0. The Morgan fingerprint density at radius 2 is 0.844 bits per heavy atom. The molecule has 0 bridgehead atoms. The van der Waals surface area contributed by atoms with Gasteiger partial charge >= 0.3 is 5.97 Å². The Labute approximate surface area is 202 Å². The Bertz CT molecular complexity index is 356. The topological polar surface area (TPSA) is 26.3 Å². The van der Waals surface area contributed by atoms with Crippen LogP contribution in [0.5, 0.6) is 0 Å². The Hall–Kier alpha value is -0.570. The molecule has 3 heteroatoms. The molecular formula is C29H60NO2+. The zero-order valence-electron chi connectivity index (χ0n) is 22.7. The van der Waals surface area contributed by atoms with Crippen LogP contribution in [0.2, 0.25) is 0 Å². The van der Waals surface area contributed by atoms with Gasteiger partial charge in [-0.3, -0.25) is 4.79 Å². The molecule has 0 unspecified atom stereocenters. The standard InChI is InChI=1S/C29H60NO2/c1-5-9-12-15-18-21-24-30(27-28-32-29(31)8-4,25-22-19-16-13-10-6-2)26-23-20-17-14-11-7-3/h5-28H2,1-4H3/q+1. The minimum absolute atomic E-state index is 0.0400. The average molecular weight is 455 g/mol. The maximum absolute atomic E-state index is 11.8. The molecule has 32 heavy (non-hydrogen) atoms. The quantitative estimate of drug-likeness (QED) is 0.0782. The van der Waals surface area contributed by atoms with Crippen LogP contribution in [-0.2, 0) is 9.53 Å². The molecule has 0 N–H and O–H groups in total. The highest BCUT2D eigenvalue weighted by Crippen LogP contribution is 2.19. The molecule has 0 aliphatic heterocycles. The number of rotatable bonds is 25. The first kappa shape index (κ1) is 31.4. The molecule has 0 aliphatic rings. The van der Waals surface area contributed by atoms with Crippen LogP contribution in [0.25, 0.3) is 0 Å². The summed E-state index contributed by atoms with van der Waals surface area (Å²) in [6.45, 7) is 14.2. The summed E-state index contributed by atoms with van der Waals surface area (Å²) in [5, 5.41) is 0. The predicted octanol–water partition coefficient (Wildman–Crippen LogP) is 8.84. The van der Waals surface area contributed by atoms with E-state index < -0.39 is 0 Å². The summed E-state index contributed by atoms with van der Waals surface area (Å²) >= 11 is 0. The van der Waals surface area contributed by atoms with Crippen LogP contribution < -0.4 is 0 Å². The van der Waals surface area contributed by atoms with Gasteiger partial charge in [0.05, 0.1) is 19.6 Å². The van der Waals surface area contributed by atoms with E-state index in [4.69, 9.17) is 4.74 Å². The number of quaternary nitrogens is 1. The Kier molecular flexibility index (Phi) is 23.2. The molecule has 0 amide bonds. The number of unbranched alkanes of at least 4 members (excludes halogenated alkanes) is 15. The Morgan fingerprint density at radius 1 is 0.500 bits per heavy atom. The predicted molar refractivity (Wildman–Crippen MR) is 141 cm³/mol. The fourth-order valence-corrected chi connectivity index (χ4v) is 4.81. The van der Waals surface area contributed by atoms with Crippen molar-refractivity contribution in [3.63, 3.8) is 0 Å². The van der Waals surface area contributed by atoms with Gasteiger partial charge in [0.2, 0.25) is 0 Å². The first-order valence-corrected chi connectivity index (χ1v) is 14.6. The molecule has 0 saturated carbocycles. The lowest BCUT2D eigenvalue weighted by Crippen LogP contribution is -2.52. The first-order chi connectivity index (χ1) is 15.6. The third kappa shape index (κ3) is 18.9. The van der Waals surface area contributed by atoms with Gasteiger partial charge in [-0.15, -0.1) is 0 Å². The van der Waals surface area contributed by atoms with Gasteiger partial charge in [0.15, 0.2) is 0 Å². The highest BCUT2D eigenvalue weighted by molar-refractivity contribution is 5.68. The average Bonchev–Trinajstić information content (AvgIpc) is 2.80. The van der Waals surface area contributed by atoms with Crippen molar-refractivity contribution in [1.29, 1.82) is 0 Å². The second-order valence-corrected chi connectivity index (χ2v) is 10.1. The molecule has 0 spiro atoms. The van der Waals surface area contributed by atoms with Gasteiger partial charge in [-0.05, 0) is 38.5 Å². The SMILES string of the molecule is CCCCCCCC[N+](CCCCCCCC)(CCCCCCCC)CCOC(=O)CC. The maximum Gasteiger partial charge on any atom is 0.305 e. The van der Waals surface area contributed by atoms with Gasteiger partial charge in [0.1, 0.15) is 13.2 Å². The molecule has 0 saturated heterocycles. The highest BCUT2D eigenvalue weighted by atomic mass is 16.5. The van der Waals surface area contributed by atoms with E-state index in [1.165, 1.54) is 140 Å². The van der Waals surface area contributed by atoms with Crippen molar-refractivity contribution < 1.29 is 14.0 Å². The number of ether oxygens (including phenoxy) is 1. The van der Waals surface area contributed by atoms with Crippen LogP contribution in [0, 0.1) is 0 Å². The fraction of sp³-hybridized carbons (Fsp3) is 0.966. The largest absolute Gasteiger partial charge is 0.460 e. The number of nitrogens with zero attached hydrogens (tertiary/aromatic N) is 1. The number of esters is 1. The van der Waals surface area contributed by atoms with Gasteiger partial charge in [0, 0.05) is 6.42 Å². The fourth-order valence-electron chi connectivity index (χ4n) is 4.81. The molecular weight excluding hydrogens is 394 g/mol. The zero-order chi connectivity index (χ0) is 23.8. The van der Waals surface area contributed by atoms with Crippen molar-refractivity contribution in [3.05, 3.63) is 0 Å². The summed E-state index contributed by atoms with van der Waals surface area (Å²) in [4.78, 5) is 11.8. The molecule has 0 rings (SSSR count). The smallest absolute Gasteiger partial charge is 0.305 e. The van der Waals surface area contributed by atoms with Crippen molar-refractivity contribution in [2.75, 3.05) is 32.8 Å². The number of carbonyl (C=O) groups is 1. The normalized spacial score (nSPS) is 11.8. The van der Waals surface area contributed by atoms with Crippen LogP contribution in [0.3, 0.4) is 0 Å². The van der Waals surface area contributed by atoms with Crippen molar-refractivity contribution in [2.45, 2.75) is 150 Å². The Balaban J connectivity index is 4.81. The molecule has 192 valence electrons. The molecule has 0 atom stereocenters. The van der Waals surface area contributed by atoms with Crippen LogP contribution in [0.15, 0.2) is 0 Å². The van der Waals surface area contributed by atoms with E-state index in [1.807, 2.05) is 6.92 Å². The maximum atomic E-state index is 11.8. The van der Waals surface area contributed by atoms with Crippen molar-refractivity contribution in [2.24, 2.45) is 0 Å². The lowest BCUT2D eigenvalue weighted by atomic mass is 10.1. The van der Waals surface area contributed by atoms with E-state index in [9.17, 15) is 4.79 Å². The first-order valence-electron chi connectivity index (χ1n) is 14.6. The van der Waals surface area contributed by atoms with Gasteiger partial charge in [-0.1, -0.05) is 105 Å². The monoisotopic (exact) mass is 454 g/mol. The van der Waals surface area contributed by atoms with E-state index in [0.717, 1.165) is 6.54 Å². The van der Waals surface area contributed by atoms with Crippen molar-refractivity contribution in [1.82, 2.24) is 0 Å². The molecule has 0 fully saturated rings. The molecule has 0 aromatic rings.